The predicted octanol–water partition coefficient (Wildman–Crippen LogP) is 1.62. The van der Waals surface area contributed by atoms with E-state index < -0.39 is 0 Å². The molecule has 0 fully saturated rings. The fourth-order valence-corrected chi connectivity index (χ4v) is 2.00. The molecule has 21 heavy (non-hydrogen) atoms. The van der Waals surface area contributed by atoms with Gasteiger partial charge in [-0.05, 0) is 31.0 Å². The van der Waals surface area contributed by atoms with Gasteiger partial charge in [-0.15, -0.1) is 0 Å². The summed E-state index contributed by atoms with van der Waals surface area (Å²) in [6, 6.07) is 3.58. The van der Waals surface area contributed by atoms with E-state index in [2.05, 4.69) is 20.7 Å². The van der Waals surface area contributed by atoms with E-state index >= 15 is 0 Å². The molecule has 0 saturated heterocycles. The monoisotopic (exact) mass is 287 g/mol. The van der Waals surface area contributed by atoms with Gasteiger partial charge >= 0.3 is 0 Å². The second kappa shape index (κ2) is 6.88. The van der Waals surface area contributed by atoms with Crippen LogP contribution in [-0.4, -0.2) is 34.3 Å². The number of rotatable bonds is 6. The molecule has 0 aliphatic rings. The van der Waals surface area contributed by atoms with Gasteiger partial charge in [0.05, 0.1) is 12.7 Å². The second-order valence-corrected chi connectivity index (χ2v) is 4.87. The highest BCUT2D eigenvalue weighted by molar-refractivity contribution is 5.94. The number of hydrogen-bond donors (Lipinski definition) is 2. The minimum Gasteiger partial charge on any atom is -0.373 e. The maximum absolute atomic E-state index is 12.2. The molecule has 6 heteroatoms. The lowest BCUT2D eigenvalue weighted by Gasteiger charge is -2.09. The van der Waals surface area contributed by atoms with Gasteiger partial charge in [-0.1, -0.05) is 6.92 Å². The van der Waals surface area contributed by atoms with Crippen molar-refractivity contribution < 1.29 is 4.79 Å². The lowest BCUT2D eigenvalue weighted by molar-refractivity contribution is 0.0951. The van der Waals surface area contributed by atoms with E-state index in [4.69, 9.17) is 0 Å². The van der Waals surface area contributed by atoms with Crippen LogP contribution in [-0.2, 0) is 13.0 Å². The quantitative estimate of drug-likeness (QED) is 0.847. The third-order valence-corrected chi connectivity index (χ3v) is 3.15. The van der Waals surface area contributed by atoms with Crippen molar-refractivity contribution >= 4 is 11.7 Å². The molecular formula is C15H21N5O. The van der Waals surface area contributed by atoms with Crippen molar-refractivity contribution in [1.82, 2.24) is 20.1 Å². The van der Waals surface area contributed by atoms with Crippen LogP contribution in [0.15, 0.2) is 24.5 Å². The van der Waals surface area contributed by atoms with Crippen molar-refractivity contribution in [1.29, 1.82) is 0 Å². The largest absolute Gasteiger partial charge is 0.373 e. The van der Waals surface area contributed by atoms with E-state index in [0.29, 0.717) is 24.5 Å². The van der Waals surface area contributed by atoms with Gasteiger partial charge in [0, 0.05) is 31.0 Å². The van der Waals surface area contributed by atoms with Crippen LogP contribution in [0, 0.1) is 6.92 Å². The highest BCUT2D eigenvalue weighted by atomic mass is 16.1. The summed E-state index contributed by atoms with van der Waals surface area (Å²) in [5.74, 6) is 0.620. The number of aromatic nitrogens is 3. The standard InChI is InChI=1S/C15H21N5O/c1-4-13-7-12(8-14(16-3)19-13)15(21)17-5-6-20-10-11(2)9-18-20/h7-10H,4-6H2,1-3H3,(H,16,19)(H,17,21). The number of nitrogens with zero attached hydrogens (tertiary/aromatic N) is 3. The minimum atomic E-state index is -0.0903. The van der Waals surface area contributed by atoms with E-state index in [0.717, 1.165) is 17.7 Å². The van der Waals surface area contributed by atoms with Gasteiger partial charge in [0.15, 0.2) is 0 Å². The molecule has 1 amide bonds. The van der Waals surface area contributed by atoms with Crippen molar-refractivity contribution in [3.05, 3.63) is 41.3 Å². The average molecular weight is 287 g/mol. The van der Waals surface area contributed by atoms with Gasteiger partial charge in [0.25, 0.3) is 5.91 Å². The van der Waals surface area contributed by atoms with Crippen molar-refractivity contribution in [2.45, 2.75) is 26.8 Å². The first-order chi connectivity index (χ1) is 10.1. The molecule has 2 N–H and O–H groups in total. The number of nitrogens with one attached hydrogen (secondary N) is 2. The number of carbonyl (C=O) groups is 1. The molecule has 0 aliphatic heterocycles. The zero-order valence-electron chi connectivity index (χ0n) is 12.7. The Morgan fingerprint density at radius 2 is 2.19 bits per heavy atom. The molecule has 0 spiro atoms. The smallest absolute Gasteiger partial charge is 0.251 e. The van der Waals surface area contributed by atoms with E-state index in [1.54, 1.807) is 19.3 Å². The molecule has 0 bridgehead atoms. The fourth-order valence-electron chi connectivity index (χ4n) is 2.00. The Morgan fingerprint density at radius 3 is 2.81 bits per heavy atom. The van der Waals surface area contributed by atoms with Crippen LogP contribution < -0.4 is 10.6 Å². The Balaban J connectivity index is 1.96. The summed E-state index contributed by atoms with van der Waals surface area (Å²) in [5.41, 5.74) is 2.64. The summed E-state index contributed by atoms with van der Waals surface area (Å²) in [4.78, 5) is 16.6. The lowest BCUT2D eigenvalue weighted by atomic mass is 10.2. The molecular weight excluding hydrogens is 266 g/mol. The third kappa shape index (κ3) is 4.05. The van der Waals surface area contributed by atoms with Crippen LogP contribution in [0.2, 0.25) is 0 Å². The molecule has 0 radical (unpaired) electrons. The summed E-state index contributed by atoms with van der Waals surface area (Å²) in [5, 5.41) is 10.1. The lowest BCUT2D eigenvalue weighted by Crippen LogP contribution is -2.27. The molecule has 0 aromatic carbocycles. The van der Waals surface area contributed by atoms with E-state index in [1.165, 1.54) is 0 Å². The first-order valence-corrected chi connectivity index (χ1v) is 7.08. The van der Waals surface area contributed by atoms with Gasteiger partial charge in [-0.3, -0.25) is 9.48 Å². The maximum atomic E-state index is 12.2. The summed E-state index contributed by atoms with van der Waals surface area (Å²) < 4.78 is 1.82. The van der Waals surface area contributed by atoms with Crippen LogP contribution in [0.1, 0.15) is 28.5 Å². The Labute approximate surface area is 124 Å². The zero-order chi connectivity index (χ0) is 15.2. The topological polar surface area (TPSA) is 71.8 Å². The van der Waals surface area contributed by atoms with Crippen LogP contribution >= 0.6 is 0 Å². The number of pyridine rings is 1. The number of amides is 1. The number of carbonyl (C=O) groups excluding carboxylic acids is 1. The molecule has 0 aliphatic carbocycles. The summed E-state index contributed by atoms with van der Waals surface area (Å²) in [6.07, 6.45) is 4.55. The highest BCUT2D eigenvalue weighted by Crippen LogP contribution is 2.10. The SMILES string of the molecule is CCc1cc(C(=O)NCCn2cc(C)cn2)cc(NC)n1. The summed E-state index contributed by atoms with van der Waals surface area (Å²) in [7, 11) is 1.80. The summed E-state index contributed by atoms with van der Waals surface area (Å²) in [6.45, 7) is 5.21. The van der Waals surface area contributed by atoms with Gasteiger partial charge in [0.1, 0.15) is 5.82 Å². The first-order valence-electron chi connectivity index (χ1n) is 7.08. The van der Waals surface area contributed by atoms with Crippen molar-refractivity contribution in [3.8, 4) is 0 Å². The molecule has 2 rings (SSSR count). The molecule has 0 saturated carbocycles. The normalized spacial score (nSPS) is 10.4. The number of anilines is 1. The Hall–Kier alpha value is -2.37. The fraction of sp³-hybridized carbons (Fsp3) is 0.400. The molecule has 0 atom stereocenters. The summed E-state index contributed by atoms with van der Waals surface area (Å²) >= 11 is 0. The van der Waals surface area contributed by atoms with Crippen LogP contribution in [0.3, 0.4) is 0 Å². The predicted molar refractivity (Wildman–Crippen MR) is 82.5 cm³/mol. The van der Waals surface area contributed by atoms with Crippen molar-refractivity contribution in [2.75, 3.05) is 18.9 Å². The zero-order valence-corrected chi connectivity index (χ0v) is 12.7. The van der Waals surface area contributed by atoms with Gasteiger partial charge in [0.2, 0.25) is 0 Å². The van der Waals surface area contributed by atoms with Gasteiger partial charge < -0.3 is 10.6 Å². The maximum Gasteiger partial charge on any atom is 0.251 e. The van der Waals surface area contributed by atoms with Crippen LogP contribution in [0.4, 0.5) is 5.82 Å². The molecule has 2 heterocycles. The second-order valence-electron chi connectivity index (χ2n) is 4.87. The van der Waals surface area contributed by atoms with Gasteiger partial charge in [-0.25, -0.2) is 4.98 Å². The van der Waals surface area contributed by atoms with Gasteiger partial charge in [-0.2, -0.15) is 5.10 Å². The molecule has 2 aromatic heterocycles. The van der Waals surface area contributed by atoms with E-state index in [9.17, 15) is 4.79 Å². The Morgan fingerprint density at radius 1 is 1.38 bits per heavy atom. The molecule has 0 unspecified atom stereocenters. The Bertz CT molecular complexity index is 598. The third-order valence-electron chi connectivity index (χ3n) is 3.15. The van der Waals surface area contributed by atoms with Crippen molar-refractivity contribution in [3.63, 3.8) is 0 Å². The van der Waals surface area contributed by atoms with E-state index in [-0.39, 0.29) is 5.91 Å². The van der Waals surface area contributed by atoms with E-state index in [1.807, 2.05) is 30.8 Å². The van der Waals surface area contributed by atoms with Crippen LogP contribution in [0.5, 0.6) is 0 Å². The highest BCUT2D eigenvalue weighted by Gasteiger charge is 2.08. The van der Waals surface area contributed by atoms with Crippen molar-refractivity contribution in [2.24, 2.45) is 0 Å². The minimum absolute atomic E-state index is 0.0903. The molecule has 6 nitrogen and oxygen atoms in total. The Kier molecular flexibility index (Phi) is 4.92. The first kappa shape index (κ1) is 15.0. The molecule has 112 valence electrons. The number of aryl methyl sites for hydroxylation is 2. The molecule has 2 aromatic rings. The average Bonchev–Trinajstić information content (AvgIpc) is 2.92. The van der Waals surface area contributed by atoms with Crippen LogP contribution in [0.25, 0.3) is 0 Å². The number of hydrogen-bond acceptors (Lipinski definition) is 4.